The van der Waals surface area contributed by atoms with Gasteiger partial charge in [0.05, 0.1) is 29.6 Å². The number of aryl methyl sites for hydroxylation is 2. The highest BCUT2D eigenvalue weighted by Gasteiger charge is 2.12. The van der Waals surface area contributed by atoms with E-state index < -0.39 is 0 Å². The van der Waals surface area contributed by atoms with E-state index in [0.717, 1.165) is 42.3 Å². The van der Waals surface area contributed by atoms with Gasteiger partial charge in [-0.15, -0.1) is 0 Å². The van der Waals surface area contributed by atoms with Crippen molar-refractivity contribution >= 4 is 11.6 Å². The first kappa shape index (κ1) is 14.5. The highest BCUT2D eigenvalue weighted by Crippen LogP contribution is 2.21. The van der Waals surface area contributed by atoms with Gasteiger partial charge >= 0.3 is 0 Å². The van der Waals surface area contributed by atoms with Crippen LogP contribution in [-0.4, -0.2) is 29.5 Å². The Morgan fingerprint density at radius 1 is 1.35 bits per heavy atom. The van der Waals surface area contributed by atoms with E-state index in [1.165, 1.54) is 0 Å². The number of nitrogens with one attached hydrogen (secondary N) is 1. The summed E-state index contributed by atoms with van der Waals surface area (Å²) in [4.78, 5) is 0. The van der Waals surface area contributed by atoms with Gasteiger partial charge in [0.2, 0.25) is 0 Å². The number of hydrogen-bond donors (Lipinski definition) is 1. The fourth-order valence-corrected chi connectivity index (χ4v) is 1.94. The second kappa shape index (κ2) is 7.69. The van der Waals surface area contributed by atoms with Gasteiger partial charge in [-0.3, -0.25) is 4.68 Å². The zero-order chi connectivity index (χ0) is 12.7. The molecule has 0 aromatic carbocycles. The van der Waals surface area contributed by atoms with Gasteiger partial charge in [0.25, 0.3) is 0 Å². The molecule has 0 aliphatic heterocycles. The molecule has 0 aliphatic rings. The zero-order valence-electron chi connectivity index (χ0n) is 10.9. The number of rotatable bonds is 8. The molecular formula is C12H22ClN3O. The van der Waals surface area contributed by atoms with Crippen LogP contribution in [0.25, 0.3) is 0 Å². The van der Waals surface area contributed by atoms with Crippen LogP contribution in [-0.2, 0) is 24.8 Å². The van der Waals surface area contributed by atoms with Gasteiger partial charge in [-0.25, -0.2) is 0 Å². The first-order valence-electron chi connectivity index (χ1n) is 6.19. The van der Waals surface area contributed by atoms with Crippen LogP contribution in [0, 0.1) is 0 Å². The third-order valence-electron chi connectivity index (χ3n) is 2.59. The standard InChI is InChI=1S/C12H22ClN3O/c1-4-6-14-7-8-17-9-11-12(13)10(5-2)15-16(11)3/h14H,4-9H2,1-3H3. The van der Waals surface area contributed by atoms with Crippen LogP contribution < -0.4 is 5.32 Å². The number of halogens is 1. The summed E-state index contributed by atoms with van der Waals surface area (Å²) >= 11 is 6.21. The SMILES string of the molecule is CCCNCCOCc1c(Cl)c(CC)nn1C. The average molecular weight is 260 g/mol. The summed E-state index contributed by atoms with van der Waals surface area (Å²) in [5.41, 5.74) is 1.90. The first-order chi connectivity index (χ1) is 8.20. The summed E-state index contributed by atoms with van der Waals surface area (Å²) in [6.07, 6.45) is 2.00. The second-order valence-electron chi connectivity index (χ2n) is 3.99. The molecule has 4 nitrogen and oxygen atoms in total. The summed E-state index contributed by atoms with van der Waals surface area (Å²) in [6, 6.07) is 0. The van der Waals surface area contributed by atoms with Crippen molar-refractivity contribution in [2.75, 3.05) is 19.7 Å². The van der Waals surface area contributed by atoms with Gasteiger partial charge in [0.15, 0.2) is 0 Å². The smallest absolute Gasteiger partial charge is 0.0900 e. The van der Waals surface area contributed by atoms with E-state index in [-0.39, 0.29) is 0 Å². The van der Waals surface area contributed by atoms with Crippen LogP contribution in [0.2, 0.25) is 5.02 Å². The molecule has 0 saturated carbocycles. The number of hydrogen-bond acceptors (Lipinski definition) is 3. The number of ether oxygens (including phenoxy) is 1. The maximum Gasteiger partial charge on any atom is 0.0900 e. The number of aromatic nitrogens is 2. The monoisotopic (exact) mass is 259 g/mol. The van der Waals surface area contributed by atoms with Gasteiger partial charge in [-0.2, -0.15) is 5.10 Å². The zero-order valence-corrected chi connectivity index (χ0v) is 11.7. The van der Waals surface area contributed by atoms with Crippen molar-refractivity contribution in [1.29, 1.82) is 0 Å². The Kier molecular flexibility index (Phi) is 6.55. The molecule has 0 unspecified atom stereocenters. The quantitative estimate of drug-likeness (QED) is 0.727. The summed E-state index contributed by atoms with van der Waals surface area (Å²) in [5.74, 6) is 0. The Bertz CT molecular complexity index is 339. The van der Waals surface area contributed by atoms with Crippen molar-refractivity contribution in [3.8, 4) is 0 Å². The van der Waals surface area contributed by atoms with E-state index in [4.69, 9.17) is 16.3 Å². The van der Waals surface area contributed by atoms with Crippen molar-refractivity contribution in [3.63, 3.8) is 0 Å². The minimum atomic E-state index is 0.524. The predicted octanol–water partition coefficient (Wildman–Crippen LogP) is 2.15. The molecule has 0 bridgehead atoms. The van der Waals surface area contributed by atoms with Crippen LogP contribution >= 0.6 is 11.6 Å². The highest BCUT2D eigenvalue weighted by atomic mass is 35.5. The maximum atomic E-state index is 6.21. The Morgan fingerprint density at radius 2 is 2.12 bits per heavy atom. The van der Waals surface area contributed by atoms with Crippen LogP contribution in [0.3, 0.4) is 0 Å². The molecule has 0 atom stereocenters. The van der Waals surface area contributed by atoms with Gasteiger partial charge in [0, 0.05) is 13.6 Å². The van der Waals surface area contributed by atoms with Crippen molar-refractivity contribution in [2.45, 2.75) is 33.3 Å². The van der Waals surface area contributed by atoms with E-state index in [9.17, 15) is 0 Å². The van der Waals surface area contributed by atoms with Crippen LogP contribution in [0.5, 0.6) is 0 Å². The summed E-state index contributed by atoms with van der Waals surface area (Å²) < 4.78 is 7.38. The lowest BCUT2D eigenvalue weighted by molar-refractivity contribution is 0.118. The third kappa shape index (κ3) is 4.30. The van der Waals surface area contributed by atoms with Crippen molar-refractivity contribution in [1.82, 2.24) is 15.1 Å². The Labute approximate surface area is 108 Å². The lowest BCUT2D eigenvalue weighted by Gasteiger charge is -2.06. The topological polar surface area (TPSA) is 39.1 Å². The molecule has 0 radical (unpaired) electrons. The van der Waals surface area contributed by atoms with E-state index in [1.807, 2.05) is 14.0 Å². The fourth-order valence-electron chi connectivity index (χ4n) is 1.59. The summed E-state index contributed by atoms with van der Waals surface area (Å²) in [6.45, 7) is 7.34. The van der Waals surface area contributed by atoms with Gasteiger partial charge < -0.3 is 10.1 Å². The molecule has 17 heavy (non-hydrogen) atoms. The molecule has 1 aromatic heterocycles. The van der Waals surface area contributed by atoms with Crippen molar-refractivity contribution in [2.24, 2.45) is 7.05 Å². The predicted molar refractivity (Wildman–Crippen MR) is 70.4 cm³/mol. The highest BCUT2D eigenvalue weighted by molar-refractivity contribution is 6.31. The second-order valence-corrected chi connectivity index (χ2v) is 4.37. The molecule has 0 amide bonds. The average Bonchev–Trinajstić information content (AvgIpc) is 2.60. The molecule has 1 N–H and O–H groups in total. The minimum Gasteiger partial charge on any atom is -0.374 e. The molecule has 0 fully saturated rings. The van der Waals surface area contributed by atoms with Crippen LogP contribution in [0.15, 0.2) is 0 Å². The Morgan fingerprint density at radius 3 is 2.71 bits per heavy atom. The van der Waals surface area contributed by atoms with Gasteiger partial charge in [0.1, 0.15) is 0 Å². The minimum absolute atomic E-state index is 0.524. The molecule has 1 aromatic rings. The first-order valence-corrected chi connectivity index (χ1v) is 6.57. The molecule has 1 rings (SSSR count). The summed E-state index contributed by atoms with van der Waals surface area (Å²) in [5, 5.41) is 8.38. The normalized spacial score (nSPS) is 11.1. The van der Waals surface area contributed by atoms with E-state index in [2.05, 4.69) is 17.3 Å². The Hall–Kier alpha value is -0.580. The largest absolute Gasteiger partial charge is 0.374 e. The van der Waals surface area contributed by atoms with Crippen molar-refractivity contribution < 1.29 is 4.74 Å². The lowest BCUT2D eigenvalue weighted by atomic mass is 10.3. The Balaban J connectivity index is 2.34. The van der Waals surface area contributed by atoms with Gasteiger partial charge in [-0.1, -0.05) is 25.4 Å². The van der Waals surface area contributed by atoms with E-state index >= 15 is 0 Å². The van der Waals surface area contributed by atoms with Crippen LogP contribution in [0.1, 0.15) is 31.7 Å². The van der Waals surface area contributed by atoms with Crippen molar-refractivity contribution in [3.05, 3.63) is 16.4 Å². The van der Waals surface area contributed by atoms with Crippen LogP contribution in [0.4, 0.5) is 0 Å². The molecule has 0 aliphatic carbocycles. The maximum absolute atomic E-state index is 6.21. The molecular weight excluding hydrogens is 238 g/mol. The molecule has 0 spiro atoms. The molecule has 5 heteroatoms. The van der Waals surface area contributed by atoms with E-state index in [1.54, 1.807) is 4.68 Å². The van der Waals surface area contributed by atoms with E-state index in [0.29, 0.717) is 13.2 Å². The molecule has 98 valence electrons. The fraction of sp³-hybridized carbons (Fsp3) is 0.750. The summed E-state index contributed by atoms with van der Waals surface area (Å²) in [7, 11) is 1.90. The number of nitrogens with zero attached hydrogens (tertiary/aromatic N) is 2. The lowest BCUT2D eigenvalue weighted by Crippen LogP contribution is -2.20. The van der Waals surface area contributed by atoms with Gasteiger partial charge in [-0.05, 0) is 19.4 Å². The third-order valence-corrected chi connectivity index (χ3v) is 3.03. The molecule has 0 saturated heterocycles. The molecule has 1 heterocycles.